The lowest BCUT2D eigenvalue weighted by atomic mass is 9.83. The van der Waals surface area contributed by atoms with E-state index in [0.29, 0.717) is 0 Å². The molecule has 1 aliphatic heterocycles. The average molecular weight is 737 g/mol. The molecule has 0 N–H and O–H groups in total. The molecule has 0 spiro atoms. The van der Waals surface area contributed by atoms with Crippen molar-refractivity contribution in [1.82, 2.24) is 19.8 Å². The van der Waals surface area contributed by atoms with Gasteiger partial charge in [-0.25, -0.2) is 0 Å². The van der Waals surface area contributed by atoms with Crippen LogP contribution in [0, 0.1) is 27.7 Å². The van der Waals surface area contributed by atoms with Crippen molar-refractivity contribution in [2.45, 2.75) is 47.0 Å². The highest BCUT2D eigenvalue weighted by molar-refractivity contribution is 7.09. The van der Waals surface area contributed by atoms with Crippen LogP contribution in [0.25, 0.3) is 88.4 Å². The first-order chi connectivity index (χ1) is 27.4. The second kappa shape index (κ2) is 11.6. The average Bonchev–Trinajstić information content (AvgIpc) is 3.99. The van der Waals surface area contributed by atoms with Crippen molar-refractivity contribution in [3.05, 3.63) is 165 Å². The monoisotopic (exact) mass is 736 g/mol. The second-order valence-electron chi connectivity index (χ2n) is 16.0. The minimum atomic E-state index is 0.785. The summed E-state index contributed by atoms with van der Waals surface area (Å²) in [5.74, 6) is 0. The number of aryl methyl sites for hydroxylation is 2. The summed E-state index contributed by atoms with van der Waals surface area (Å²) in [7, 11) is 0. The van der Waals surface area contributed by atoms with E-state index in [0.717, 1.165) is 41.9 Å². The van der Waals surface area contributed by atoms with Crippen LogP contribution in [0.5, 0.6) is 0 Å². The van der Waals surface area contributed by atoms with Crippen LogP contribution in [0.4, 0.5) is 0 Å². The van der Waals surface area contributed by atoms with Crippen molar-refractivity contribution in [3.63, 3.8) is 0 Å². The lowest BCUT2D eigenvalue weighted by Crippen LogP contribution is -2.07. The minimum Gasteiger partial charge on any atom is -0.190 e. The molecule has 4 aliphatic carbocycles. The van der Waals surface area contributed by atoms with Gasteiger partial charge in [-0.3, -0.25) is 0 Å². The lowest BCUT2D eigenvalue weighted by molar-refractivity contribution is 0.874. The first-order valence-electron chi connectivity index (χ1n) is 19.5. The molecule has 0 radical (unpaired) electrons. The maximum Gasteiger partial charge on any atom is 0.124 e. The van der Waals surface area contributed by atoms with E-state index >= 15 is 0 Å². The number of hydrogen-bond acceptors (Lipinski definition) is 5. The number of rotatable bonds is 3. The van der Waals surface area contributed by atoms with Crippen molar-refractivity contribution in [2.24, 2.45) is 0 Å². The predicted octanol–water partition coefficient (Wildman–Crippen LogP) is 12.5. The molecule has 0 saturated carbocycles. The summed E-state index contributed by atoms with van der Waals surface area (Å²) in [6, 6.07) is 40.5. The molecule has 2 heterocycles. The van der Waals surface area contributed by atoms with E-state index in [1.165, 1.54) is 121 Å². The van der Waals surface area contributed by atoms with Crippen LogP contribution in [0.15, 0.2) is 109 Å². The van der Waals surface area contributed by atoms with Crippen LogP contribution in [-0.2, 0) is 19.3 Å². The number of nitrogens with zero attached hydrogens (tertiary/aromatic N) is 4. The second-order valence-corrected chi connectivity index (χ2v) is 16.8. The van der Waals surface area contributed by atoms with Crippen LogP contribution < -0.4 is 0 Å². The number of hydrogen-bond donors (Lipinski definition) is 0. The van der Waals surface area contributed by atoms with Crippen molar-refractivity contribution in [3.8, 4) is 77.6 Å². The smallest absolute Gasteiger partial charge is 0.124 e. The summed E-state index contributed by atoms with van der Waals surface area (Å²) in [5.41, 5.74) is 28.2. The highest BCUT2D eigenvalue weighted by atomic mass is 32.1. The Morgan fingerprint density at radius 3 is 1.66 bits per heavy atom. The molecule has 0 amide bonds. The fourth-order valence-electron chi connectivity index (χ4n) is 10.2. The minimum absolute atomic E-state index is 0.785. The Morgan fingerprint density at radius 1 is 0.446 bits per heavy atom. The summed E-state index contributed by atoms with van der Waals surface area (Å²) in [6.45, 7) is 9.00. The molecule has 7 aromatic rings. The van der Waals surface area contributed by atoms with Gasteiger partial charge < -0.3 is 0 Å². The highest BCUT2D eigenvalue weighted by Crippen LogP contribution is 2.52. The zero-order valence-electron chi connectivity index (χ0n) is 31.7. The molecule has 5 aliphatic rings. The number of aromatic nitrogens is 4. The summed E-state index contributed by atoms with van der Waals surface area (Å²) in [4.78, 5) is 1.19. The molecule has 0 unspecified atom stereocenters. The maximum absolute atomic E-state index is 5.27. The zero-order valence-corrected chi connectivity index (χ0v) is 32.5. The van der Waals surface area contributed by atoms with Crippen LogP contribution in [0.2, 0.25) is 0 Å². The first kappa shape index (κ1) is 32.0. The maximum atomic E-state index is 5.27. The van der Waals surface area contributed by atoms with Crippen LogP contribution in [-0.4, -0.2) is 19.8 Å². The third-order valence-corrected chi connectivity index (χ3v) is 14.0. The van der Waals surface area contributed by atoms with Crippen molar-refractivity contribution in [1.29, 1.82) is 0 Å². The van der Waals surface area contributed by atoms with E-state index in [1.54, 1.807) is 11.5 Å². The van der Waals surface area contributed by atoms with E-state index in [1.807, 2.05) is 0 Å². The molecule has 12 rings (SSSR count). The Hall–Kier alpha value is -6.30. The quantitative estimate of drug-likeness (QED) is 0.181. The molecular weight excluding hydrogens is 701 g/mol. The summed E-state index contributed by atoms with van der Waals surface area (Å²) < 4.78 is 5.27. The SMILES string of the molecule is Cc1cc2c(c(-c3nnnc(-c4cc5c6ccc7c(c6cc-5sn4)Cc4ccccc4-7)c3-c3c(C)c(C)cc4c3Cc3ccccc3-4)c1C)Cc1ccccc1-2. The van der Waals surface area contributed by atoms with Gasteiger partial charge in [-0.15, -0.1) is 10.2 Å². The molecule has 6 aromatic carbocycles. The van der Waals surface area contributed by atoms with E-state index < -0.39 is 0 Å². The highest BCUT2D eigenvalue weighted by Gasteiger charge is 2.33. The van der Waals surface area contributed by atoms with Gasteiger partial charge in [0.15, 0.2) is 0 Å². The van der Waals surface area contributed by atoms with Gasteiger partial charge in [0.2, 0.25) is 0 Å². The third kappa shape index (κ3) is 4.35. The molecule has 0 bridgehead atoms. The van der Waals surface area contributed by atoms with E-state index in [9.17, 15) is 0 Å². The normalized spacial score (nSPS) is 13.1. The Balaban J connectivity index is 1.15. The molecular formula is C51H36N4S. The largest absolute Gasteiger partial charge is 0.190 e. The standard InChI is InChI=1S/C51H36N4S/c1-26-19-38-34-15-9-6-12-31(34)22-43(38)47(28(26)3)49-50(52-55-53-51(49)48-29(4)27(2)20-39-35-16-10-7-13-32(35)23-44(39)48)45-24-42-37-18-17-36-33-14-8-5-11-30(33)21-40(36)41(37)25-46(42)56-54-45/h5-20,24-25H,21-23H2,1-4H3. The molecule has 1 aromatic heterocycles. The molecule has 0 atom stereocenters. The summed E-state index contributed by atoms with van der Waals surface area (Å²) in [5, 5.41) is 17.3. The topological polar surface area (TPSA) is 51.6 Å². The van der Waals surface area contributed by atoms with Gasteiger partial charge >= 0.3 is 0 Å². The van der Waals surface area contributed by atoms with Gasteiger partial charge in [0.25, 0.3) is 0 Å². The fraction of sp³-hybridized carbons (Fsp3) is 0.137. The Morgan fingerprint density at radius 2 is 1.00 bits per heavy atom. The predicted molar refractivity (Wildman–Crippen MR) is 230 cm³/mol. The third-order valence-electron chi connectivity index (χ3n) is 13.1. The van der Waals surface area contributed by atoms with Crippen molar-refractivity contribution < 1.29 is 0 Å². The lowest BCUT2D eigenvalue weighted by Gasteiger charge is -2.22. The molecule has 5 heteroatoms. The molecule has 0 fully saturated rings. The van der Waals surface area contributed by atoms with Crippen molar-refractivity contribution in [2.75, 3.05) is 0 Å². The zero-order chi connectivity index (χ0) is 37.4. The number of fused-ring (bicyclic) bond motifs is 13. The van der Waals surface area contributed by atoms with Crippen molar-refractivity contribution >= 4 is 22.3 Å². The summed E-state index contributed by atoms with van der Waals surface area (Å²) in [6.07, 6.45) is 2.67. The first-order valence-corrected chi connectivity index (χ1v) is 20.3. The van der Waals surface area contributed by atoms with E-state index in [-0.39, 0.29) is 0 Å². The van der Waals surface area contributed by atoms with Gasteiger partial charge in [0, 0.05) is 16.7 Å². The van der Waals surface area contributed by atoms with Crippen LogP contribution >= 0.6 is 11.5 Å². The number of benzene rings is 6. The van der Waals surface area contributed by atoms with Gasteiger partial charge in [0.1, 0.15) is 17.1 Å². The molecule has 0 saturated heterocycles. The Bertz CT molecular complexity index is 3170. The van der Waals surface area contributed by atoms with Crippen LogP contribution in [0.1, 0.15) is 55.6 Å². The molecule has 266 valence electrons. The van der Waals surface area contributed by atoms with Gasteiger partial charge in [-0.05, 0) is 181 Å². The van der Waals surface area contributed by atoms with Gasteiger partial charge in [-0.1, -0.05) is 97.1 Å². The summed E-state index contributed by atoms with van der Waals surface area (Å²) >= 11 is 1.56. The van der Waals surface area contributed by atoms with Gasteiger partial charge in [-0.2, -0.15) is 4.37 Å². The van der Waals surface area contributed by atoms with E-state index in [4.69, 9.17) is 14.6 Å². The Kier molecular flexibility index (Phi) is 6.63. The fourth-order valence-corrected chi connectivity index (χ4v) is 11.0. The van der Waals surface area contributed by atoms with Crippen LogP contribution in [0.3, 0.4) is 0 Å². The Labute approximate surface area is 330 Å². The van der Waals surface area contributed by atoms with E-state index in [2.05, 4.69) is 142 Å². The molecule has 4 nitrogen and oxygen atoms in total. The molecule has 56 heavy (non-hydrogen) atoms. The van der Waals surface area contributed by atoms with Gasteiger partial charge in [0.05, 0.1) is 4.88 Å².